The number of fused-ring (bicyclic) bond motifs is 6. The zero-order chi connectivity index (χ0) is 37.1. The lowest BCUT2D eigenvalue weighted by Gasteiger charge is -2.34. The Morgan fingerprint density at radius 1 is 0.375 bits per heavy atom. The molecule has 11 rings (SSSR count). The Balaban J connectivity index is 1.24. The molecule has 0 radical (unpaired) electrons. The molecule has 0 fully saturated rings. The van der Waals surface area contributed by atoms with Crippen LogP contribution in [0.25, 0.3) is 78.1 Å². The Morgan fingerprint density at radius 2 is 0.946 bits per heavy atom. The van der Waals surface area contributed by atoms with Crippen LogP contribution >= 0.6 is 0 Å². The van der Waals surface area contributed by atoms with Gasteiger partial charge in [-0.15, -0.1) is 0 Å². The lowest BCUT2D eigenvalue weighted by Crippen LogP contribution is -2.28. The Hall–Kier alpha value is -7.36. The van der Waals surface area contributed by atoms with Gasteiger partial charge in [-0.3, -0.25) is 0 Å². The molecule has 0 atom stereocenters. The molecule has 2 aromatic heterocycles. The molecule has 2 heterocycles. The largest absolute Gasteiger partial charge is 0.456 e. The van der Waals surface area contributed by atoms with Crippen molar-refractivity contribution in [2.45, 2.75) is 5.41 Å². The van der Waals surface area contributed by atoms with Gasteiger partial charge in [-0.2, -0.15) is 0 Å². The van der Waals surface area contributed by atoms with Gasteiger partial charge in [0, 0.05) is 27.5 Å². The van der Waals surface area contributed by atoms with Gasteiger partial charge in [0.25, 0.3) is 0 Å². The highest BCUT2D eigenvalue weighted by molar-refractivity contribution is 6.15. The lowest BCUT2D eigenvalue weighted by molar-refractivity contribution is 0.669. The van der Waals surface area contributed by atoms with Crippen LogP contribution in [-0.2, 0) is 5.41 Å². The van der Waals surface area contributed by atoms with Crippen molar-refractivity contribution in [3.05, 3.63) is 229 Å². The molecule has 0 spiro atoms. The average Bonchev–Trinajstić information content (AvgIpc) is 3.81. The van der Waals surface area contributed by atoms with Gasteiger partial charge in [0.15, 0.2) is 5.82 Å². The van der Waals surface area contributed by atoms with Gasteiger partial charge >= 0.3 is 0 Å². The summed E-state index contributed by atoms with van der Waals surface area (Å²) >= 11 is 0. The lowest BCUT2D eigenvalue weighted by atomic mass is 9.67. The van der Waals surface area contributed by atoms with Crippen molar-refractivity contribution in [2.24, 2.45) is 0 Å². The van der Waals surface area contributed by atoms with Crippen LogP contribution < -0.4 is 0 Å². The predicted molar refractivity (Wildman–Crippen MR) is 228 cm³/mol. The van der Waals surface area contributed by atoms with Gasteiger partial charge in [-0.25, -0.2) is 9.97 Å². The third-order valence-electron chi connectivity index (χ3n) is 11.4. The van der Waals surface area contributed by atoms with E-state index < -0.39 is 5.41 Å². The first-order chi connectivity index (χ1) is 27.8. The minimum Gasteiger partial charge on any atom is -0.456 e. The molecular weight excluding hydrogens is 681 g/mol. The summed E-state index contributed by atoms with van der Waals surface area (Å²) < 4.78 is 6.56. The topological polar surface area (TPSA) is 38.9 Å². The van der Waals surface area contributed by atoms with Crippen LogP contribution in [0.1, 0.15) is 22.3 Å². The molecule has 0 N–H and O–H groups in total. The zero-order valence-electron chi connectivity index (χ0n) is 30.4. The summed E-state index contributed by atoms with van der Waals surface area (Å²) in [5.74, 6) is 0.675. The van der Waals surface area contributed by atoms with E-state index in [0.29, 0.717) is 5.82 Å². The van der Waals surface area contributed by atoms with E-state index >= 15 is 0 Å². The van der Waals surface area contributed by atoms with Crippen LogP contribution in [0.5, 0.6) is 0 Å². The highest BCUT2D eigenvalue weighted by Crippen LogP contribution is 2.57. The molecule has 3 nitrogen and oxygen atoms in total. The van der Waals surface area contributed by atoms with Crippen LogP contribution in [0.15, 0.2) is 211 Å². The van der Waals surface area contributed by atoms with Crippen molar-refractivity contribution in [3.63, 3.8) is 0 Å². The number of nitrogens with zero attached hydrogens (tertiary/aromatic N) is 2. The van der Waals surface area contributed by atoms with Crippen molar-refractivity contribution in [2.75, 3.05) is 0 Å². The molecule has 262 valence electrons. The van der Waals surface area contributed by atoms with E-state index in [2.05, 4.69) is 170 Å². The summed E-state index contributed by atoms with van der Waals surface area (Å²) in [6.45, 7) is 0. The highest BCUT2D eigenvalue weighted by atomic mass is 16.3. The van der Waals surface area contributed by atoms with Crippen molar-refractivity contribution in [1.29, 1.82) is 0 Å². The van der Waals surface area contributed by atoms with Gasteiger partial charge in [-0.05, 0) is 74.8 Å². The van der Waals surface area contributed by atoms with Gasteiger partial charge in [-0.1, -0.05) is 176 Å². The molecule has 3 heteroatoms. The van der Waals surface area contributed by atoms with E-state index in [1.807, 2.05) is 36.4 Å². The maximum atomic E-state index is 6.56. The summed E-state index contributed by atoms with van der Waals surface area (Å²) in [4.78, 5) is 10.6. The molecule has 56 heavy (non-hydrogen) atoms. The fraction of sp³-hybridized carbons (Fsp3) is 0.0189. The van der Waals surface area contributed by atoms with Gasteiger partial charge in [0.2, 0.25) is 0 Å². The number of hydrogen-bond acceptors (Lipinski definition) is 3. The Bertz CT molecular complexity index is 2960. The quantitative estimate of drug-likeness (QED) is 0.172. The molecule has 1 aliphatic carbocycles. The summed E-state index contributed by atoms with van der Waals surface area (Å²) in [6.07, 6.45) is 0. The van der Waals surface area contributed by atoms with E-state index in [1.165, 1.54) is 33.4 Å². The minimum atomic E-state index is -0.521. The van der Waals surface area contributed by atoms with Crippen molar-refractivity contribution >= 4 is 21.9 Å². The number of rotatable bonds is 6. The summed E-state index contributed by atoms with van der Waals surface area (Å²) in [6, 6.07) is 73.3. The van der Waals surface area contributed by atoms with Crippen LogP contribution in [0.4, 0.5) is 0 Å². The molecule has 0 amide bonds. The third kappa shape index (κ3) is 4.91. The Morgan fingerprint density at radius 3 is 1.68 bits per heavy atom. The van der Waals surface area contributed by atoms with Crippen LogP contribution in [0.2, 0.25) is 0 Å². The van der Waals surface area contributed by atoms with Gasteiger partial charge < -0.3 is 4.42 Å². The SMILES string of the molecule is c1ccc(-c2cc(-c3c(-c4ccc5c(c4)C(c4ccccc4)(c4ccccc4)c4ccccc4-5)ccc4oc5ccccc5c34)nc(-c3ccccc3)n2)cc1. The van der Waals surface area contributed by atoms with Gasteiger partial charge in [0.05, 0.1) is 16.8 Å². The standard InChI is InChI=1S/C53H34N2O/c1-5-17-35(18-6-1)46-34-47(55-52(54-46)36-19-7-2-8-20-36)50-40(31-32-49-51(50)43-26-14-16-28-48(43)56-49)37-29-30-42-41-25-13-15-27-44(41)53(45(42)33-37,38-21-9-3-10-22-38)39-23-11-4-12-24-39/h1-34H. The number of furan rings is 1. The van der Waals surface area contributed by atoms with Crippen molar-refractivity contribution in [1.82, 2.24) is 9.97 Å². The van der Waals surface area contributed by atoms with Crippen LogP contribution in [0, 0.1) is 0 Å². The summed E-state index contributed by atoms with van der Waals surface area (Å²) in [7, 11) is 0. The fourth-order valence-electron chi connectivity index (χ4n) is 8.98. The second-order valence-corrected chi connectivity index (χ2v) is 14.4. The van der Waals surface area contributed by atoms with E-state index in [0.717, 1.165) is 61.1 Å². The fourth-order valence-corrected chi connectivity index (χ4v) is 8.98. The van der Waals surface area contributed by atoms with E-state index in [9.17, 15) is 0 Å². The first-order valence-corrected chi connectivity index (χ1v) is 19.1. The first-order valence-electron chi connectivity index (χ1n) is 19.1. The second-order valence-electron chi connectivity index (χ2n) is 14.4. The molecule has 8 aromatic carbocycles. The normalized spacial score (nSPS) is 12.8. The highest BCUT2D eigenvalue weighted by Gasteiger charge is 2.46. The molecule has 10 aromatic rings. The van der Waals surface area contributed by atoms with Crippen LogP contribution in [0.3, 0.4) is 0 Å². The third-order valence-corrected chi connectivity index (χ3v) is 11.4. The number of hydrogen-bond donors (Lipinski definition) is 0. The number of benzene rings is 8. The minimum absolute atomic E-state index is 0.521. The Kier molecular flexibility index (Phi) is 7.39. The molecule has 0 saturated heterocycles. The molecule has 0 unspecified atom stereocenters. The first kappa shape index (κ1) is 32.1. The summed E-state index contributed by atoms with van der Waals surface area (Å²) in [5, 5.41) is 2.09. The van der Waals surface area contributed by atoms with E-state index in [1.54, 1.807) is 0 Å². The number of para-hydroxylation sites is 1. The molecule has 0 saturated carbocycles. The molecular formula is C53H34N2O. The van der Waals surface area contributed by atoms with Crippen molar-refractivity contribution < 1.29 is 4.42 Å². The van der Waals surface area contributed by atoms with Crippen LogP contribution in [-0.4, -0.2) is 9.97 Å². The smallest absolute Gasteiger partial charge is 0.160 e. The molecule has 1 aliphatic rings. The second kappa shape index (κ2) is 12.9. The van der Waals surface area contributed by atoms with E-state index in [4.69, 9.17) is 14.4 Å². The summed E-state index contributed by atoms with van der Waals surface area (Å²) in [5.41, 5.74) is 15.6. The number of aromatic nitrogens is 2. The average molecular weight is 715 g/mol. The van der Waals surface area contributed by atoms with E-state index in [-0.39, 0.29) is 0 Å². The van der Waals surface area contributed by atoms with Crippen molar-refractivity contribution in [3.8, 4) is 56.2 Å². The molecule has 0 aliphatic heterocycles. The molecule has 0 bridgehead atoms. The van der Waals surface area contributed by atoms with Gasteiger partial charge in [0.1, 0.15) is 11.2 Å². The predicted octanol–water partition coefficient (Wildman–Crippen LogP) is 13.4. The maximum absolute atomic E-state index is 6.56. The maximum Gasteiger partial charge on any atom is 0.160 e. The zero-order valence-corrected chi connectivity index (χ0v) is 30.4. The monoisotopic (exact) mass is 714 g/mol. The Labute approximate surface area is 325 Å².